The second-order valence-electron chi connectivity index (χ2n) is 5.07. The van der Waals surface area contributed by atoms with Crippen LogP contribution in [-0.4, -0.2) is 20.1 Å². The number of benzene rings is 1. The third-order valence-electron chi connectivity index (χ3n) is 3.53. The van der Waals surface area contributed by atoms with Crippen molar-refractivity contribution in [2.45, 2.75) is 13.8 Å². The zero-order valence-electron chi connectivity index (χ0n) is 14.0. The summed E-state index contributed by atoms with van der Waals surface area (Å²) in [5.41, 5.74) is 2.20. The molecule has 2 aromatic rings. The number of amides is 1. The SMILES string of the molecule is COc1cc(C=CC(=O)Nc2sc(C)c(C)c2C#N)cc(OC)c1. The van der Waals surface area contributed by atoms with Crippen LogP contribution < -0.4 is 14.8 Å². The highest BCUT2D eigenvalue weighted by Crippen LogP contribution is 2.31. The van der Waals surface area contributed by atoms with Crippen LogP contribution in [0.3, 0.4) is 0 Å². The van der Waals surface area contributed by atoms with E-state index < -0.39 is 0 Å². The summed E-state index contributed by atoms with van der Waals surface area (Å²) in [5, 5.41) is 12.5. The van der Waals surface area contributed by atoms with E-state index in [9.17, 15) is 10.1 Å². The highest BCUT2D eigenvalue weighted by molar-refractivity contribution is 7.16. The van der Waals surface area contributed by atoms with Gasteiger partial charge < -0.3 is 14.8 Å². The number of hydrogen-bond donors (Lipinski definition) is 1. The van der Waals surface area contributed by atoms with Crippen molar-refractivity contribution in [3.8, 4) is 17.6 Å². The van der Waals surface area contributed by atoms with E-state index in [0.29, 0.717) is 22.1 Å². The van der Waals surface area contributed by atoms with Gasteiger partial charge in [0.05, 0.1) is 19.8 Å². The Balaban J connectivity index is 2.17. The second kappa shape index (κ2) is 7.66. The number of methoxy groups -OCH3 is 2. The maximum Gasteiger partial charge on any atom is 0.249 e. The van der Waals surface area contributed by atoms with E-state index in [-0.39, 0.29) is 5.91 Å². The lowest BCUT2D eigenvalue weighted by Crippen LogP contribution is -2.07. The lowest BCUT2D eigenvalue weighted by Gasteiger charge is -2.05. The number of carbonyl (C=O) groups is 1. The van der Waals surface area contributed by atoms with Crippen LogP contribution in [0.4, 0.5) is 5.00 Å². The Morgan fingerprint density at radius 2 is 1.83 bits per heavy atom. The zero-order valence-corrected chi connectivity index (χ0v) is 14.8. The van der Waals surface area contributed by atoms with E-state index in [1.807, 2.05) is 13.8 Å². The van der Waals surface area contributed by atoms with Crippen molar-refractivity contribution in [2.24, 2.45) is 0 Å². The van der Waals surface area contributed by atoms with Crippen LogP contribution in [0.1, 0.15) is 21.6 Å². The van der Waals surface area contributed by atoms with E-state index in [4.69, 9.17) is 9.47 Å². The number of nitrogens with one attached hydrogen (secondary N) is 1. The van der Waals surface area contributed by atoms with Crippen LogP contribution in [0.2, 0.25) is 0 Å². The van der Waals surface area contributed by atoms with Crippen LogP contribution >= 0.6 is 11.3 Å². The molecule has 1 aromatic heterocycles. The summed E-state index contributed by atoms with van der Waals surface area (Å²) in [5.74, 6) is 0.992. The Labute approximate surface area is 145 Å². The summed E-state index contributed by atoms with van der Waals surface area (Å²) in [6.45, 7) is 3.80. The monoisotopic (exact) mass is 342 g/mol. The first-order valence-corrected chi connectivity index (χ1v) is 8.02. The molecule has 0 unspecified atom stereocenters. The summed E-state index contributed by atoms with van der Waals surface area (Å²) in [6, 6.07) is 7.49. The lowest BCUT2D eigenvalue weighted by atomic mass is 10.1. The van der Waals surface area contributed by atoms with E-state index in [1.54, 1.807) is 38.5 Å². The summed E-state index contributed by atoms with van der Waals surface area (Å²) in [7, 11) is 3.14. The normalized spacial score (nSPS) is 10.5. The van der Waals surface area contributed by atoms with Crippen LogP contribution in [0.15, 0.2) is 24.3 Å². The molecule has 0 fully saturated rings. The fourth-order valence-corrected chi connectivity index (χ4v) is 3.11. The molecule has 1 aromatic carbocycles. The van der Waals surface area contributed by atoms with Crippen molar-refractivity contribution >= 4 is 28.3 Å². The number of nitrogens with zero attached hydrogens (tertiary/aromatic N) is 1. The fourth-order valence-electron chi connectivity index (χ4n) is 2.10. The maximum atomic E-state index is 12.1. The third-order valence-corrected chi connectivity index (χ3v) is 4.66. The van der Waals surface area contributed by atoms with Crippen molar-refractivity contribution in [1.82, 2.24) is 0 Å². The molecule has 0 spiro atoms. The molecule has 0 aliphatic carbocycles. The molecule has 1 heterocycles. The fraction of sp³-hybridized carbons (Fsp3) is 0.222. The molecule has 0 aliphatic heterocycles. The van der Waals surface area contributed by atoms with Crippen molar-refractivity contribution in [3.05, 3.63) is 45.8 Å². The molecule has 1 N–H and O–H groups in total. The minimum atomic E-state index is -0.297. The van der Waals surface area contributed by atoms with E-state index in [0.717, 1.165) is 16.0 Å². The molecule has 5 nitrogen and oxygen atoms in total. The first-order valence-electron chi connectivity index (χ1n) is 7.20. The Bertz CT molecular complexity index is 809. The first-order chi connectivity index (χ1) is 11.5. The topological polar surface area (TPSA) is 71.3 Å². The number of rotatable bonds is 5. The number of thiophene rings is 1. The molecule has 24 heavy (non-hydrogen) atoms. The quantitative estimate of drug-likeness (QED) is 0.836. The van der Waals surface area contributed by atoms with Gasteiger partial charge in [-0.25, -0.2) is 0 Å². The number of nitriles is 1. The van der Waals surface area contributed by atoms with E-state index in [1.165, 1.54) is 17.4 Å². The van der Waals surface area contributed by atoms with E-state index in [2.05, 4.69) is 11.4 Å². The average Bonchev–Trinajstić information content (AvgIpc) is 2.85. The number of ether oxygens (including phenoxy) is 2. The van der Waals surface area contributed by atoms with Crippen molar-refractivity contribution in [3.63, 3.8) is 0 Å². The molecular formula is C18H18N2O3S. The minimum absolute atomic E-state index is 0.297. The van der Waals surface area contributed by atoms with Crippen molar-refractivity contribution < 1.29 is 14.3 Å². The Morgan fingerprint density at radius 1 is 1.21 bits per heavy atom. The third kappa shape index (κ3) is 3.94. The van der Waals surface area contributed by atoms with Gasteiger partial charge in [0.25, 0.3) is 0 Å². The predicted molar refractivity (Wildman–Crippen MR) is 95.7 cm³/mol. The molecular weight excluding hydrogens is 324 g/mol. The Kier molecular flexibility index (Phi) is 5.61. The lowest BCUT2D eigenvalue weighted by molar-refractivity contribution is -0.111. The van der Waals surface area contributed by atoms with Crippen LogP contribution in [0.25, 0.3) is 6.08 Å². The number of carbonyl (C=O) groups excluding carboxylic acids is 1. The van der Waals surface area contributed by atoms with Gasteiger partial charge in [-0.3, -0.25) is 4.79 Å². The van der Waals surface area contributed by atoms with Gasteiger partial charge in [0.2, 0.25) is 5.91 Å². The Morgan fingerprint density at radius 3 is 2.38 bits per heavy atom. The maximum absolute atomic E-state index is 12.1. The van der Waals surface area contributed by atoms with Crippen LogP contribution in [-0.2, 0) is 4.79 Å². The molecule has 0 saturated heterocycles. The molecule has 0 bridgehead atoms. The van der Waals surface area contributed by atoms with Gasteiger partial charge >= 0.3 is 0 Å². The molecule has 0 saturated carbocycles. The van der Waals surface area contributed by atoms with Gasteiger partial charge in [-0.05, 0) is 43.2 Å². The van der Waals surface area contributed by atoms with Crippen molar-refractivity contribution in [2.75, 3.05) is 19.5 Å². The number of anilines is 1. The van der Waals surface area contributed by atoms with Gasteiger partial charge in [-0.15, -0.1) is 11.3 Å². The van der Waals surface area contributed by atoms with Crippen LogP contribution in [0, 0.1) is 25.2 Å². The largest absolute Gasteiger partial charge is 0.497 e. The van der Waals surface area contributed by atoms with Crippen molar-refractivity contribution in [1.29, 1.82) is 5.26 Å². The summed E-state index contributed by atoms with van der Waals surface area (Å²) < 4.78 is 10.4. The highest BCUT2D eigenvalue weighted by atomic mass is 32.1. The van der Waals surface area contributed by atoms with Gasteiger partial charge in [-0.2, -0.15) is 5.26 Å². The van der Waals surface area contributed by atoms with Crippen LogP contribution in [0.5, 0.6) is 11.5 Å². The number of hydrogen-bond acceptors (Lipinski definition) is 5. The van der Waals surface area contributed by atoms with Gasteiger partial charge in [0.1, 0.15) is 22.6 Å². The molecule has 0 radical (unpaired) electrons. The molecule has 2 rings (SSSR count). The summed E-state index contributed by atoms with van der Waals surface area (Å²) >= 11 is 1.40. The zero-order chi connectivity index (χ0) is 17.7. The Hall–Kier alpha value is -2.78. The van der Waals surface area contributed by atoms with Gasteiger partial charge in [0.15, 0.2) is 0 Å². The highest BCUT2D eigenvalue weighted by Gasteiger charge is 2.13. The first kappa shape index (κ1) is 17.6. The minimum Gasteiger partial charge on any atom is -0.497 e. The van der Waals surface area contributed by atoms with Gasteiger partial charge in [0, 0.05) is 17.0 Å². The summed E-state index contributed by atoms with van der Waals surface area (Å²) in [6.07, 6.45) is 3.08. The molecule has 1 amide bonds. The van der Waals surface area contributed by atoms with Gasteiger partial charge in [-0.1, -0.05) is 0 Å². The second-order valence-corrected chi connectivity index (χ2v) is 6.29. The molecule has 6 heteroatoms. The molecule has 0 atom stereocenters. The molecule has 124 valence electrons. The average molecular weight is 342 g/mol. The number of aryl methyl sites for hydroxylation is 1. The predicted octanol–water partition coefficient (Wildman–Crippen LogP) is 3.91. The standard InChI is InChI=1S/C18H18N2O3S/c1-11-12(2)24-18(16(11)10-19)20-17(21)6-5-13-7-14(22-3)9-15(8-13)23-4/h5-9H,1-4H3,(H,20,21). The summed E-state index contributed by atoms with van der Waals surface area (Å²) in [4.78, 5) is 13.1. The van der Waals surface area contributed by atoms with E-state index >= 15 is 0 Å². The smallest absolute Gasteiger partial charge is 0.249 e. The molecule has 0 aliphatic rings.